The molecule has 2 saturated heterocycles. The van der Waals surface area contributed by atoms with Crippen LogP contribution in [0.15, 0.2) is 6.20 Å². The molecule has 0 saturated carbocycles. The van der Waals surface area contributed by atoms with Gasteiger partial charge in [-0.1, -0.05) is 0 Å². The average molecular weight is 308 g/mol. The maximum atomic E-state index is 11.1. The minimum absolute atomic E-state index is 0.218. The summed E-state index contributed by atoms with van der Waals surface area (Å²) in [6.45, 7) is 7.59. The van der Waals surface area contributed by atoms with Gasteiger partial charge in [0.05, 0.1) is 19.4 Å². The Balaban J connectivity index is 1.53. The van der Waals surface area contributed by atoms with Gasteiger partial charge in [0, 0.05) is 38.3 Å². The smallest absolute Gasteiger partial charge is 0.354 e. The van der Waals surface area contributed by atoms with Crippen molar-refractivity contribution in [1.29, 1.82) is 0 Å². The van der Waals surface area contributed by atoms with Gasteiger partial charge in [-0.25, -0.2) is 4.79 Å². The average Bonchev–Trinajstić information content (AvgIpc) is 2.97. The second-order valence-corrected chi connectivity index (χ2v) is 6.23. The van der Waals surface area contributed by atoms with E-state index in [-0.39, 0.29) is 5.69 Å². The number of carboxylic acids is 1. The predicted molar refractivity (Wildman–Crippen MR) is 80.8 cm³/mol. The first kappa shape index (κ1) is 15.5. The van der Waals surface area contributed by atoms with Crippen LogP contribution in [-0.4, -0.2) is 77.0 Å². The molecule has 22 heavy (non-hydrogen) atoms. The van der Waals surface area contributed by atoms with Gasteiger partial charge in [-0.3, -0.25) is 14.9 Å². The molecule has 0 aromatic carbocycles. The Morgan fingerprint density at radius 3 is 2.95 bits per heavy atom. The van der Waals surface area contributed by atoms with Crippen LogP contribution >= 0.6 is 0 Å². The van der Waals surface area contributed by atoms with Crippen LogP contribution in [0.4, 0.5) is 0 Å². The number of hydrogen-bond donors (Lipinski definition) is 2. The molecule has 0 aliphatic carbocycles. The van der Waals surface area contributed by atoms with E-state index in [0.717, 1.165) is 51.5 Å². The quantitative estimate of drug-likeness (QED) is 0.831. The summed E-state index contributed by atoms with van der Waals surface area (Å²) in [6.07, 6.45) is 4.06. The van der Waals surface area contributed by atoms with Crippen LogP contribution in [-0.2, 0) is 11.3 Å². The normalized spacial score (nSPS) is 24.5. The second-order valence-electron chi connectivity index (χ2n) is 6.23. The van der Waals surface area contributed by atoms with E-state index in [2.05, 4.69) is 20.0 Å². The molecule has 7 nitrogen and oxygen atoms in total. The molecule has 0 bridgehead atoms. The maximum absolute atomic E-state index is 11.1. The lowest BCUT2D eigenvalue weighted by molar-refractivity contribution is 0.0224. The molecule has 2 aliphatic heterocycles. The number of aromatic carboxylic acids is 1. The monoisotopic (exact) mass is 308 g/mol. The third-order valence-corrected chi connectivity index (χ3v) is 4.55. The summed E-state index contributed by atoms with van der Waals surface area (Å²) in [5, 5.41) is 15.6. The van der Waals surface area contributed by atoms with Gasteiger partial charge >= 0.3 is 5.97 Å². The SMILES string of the molecule is O=C(O)c1[nH]ncc1CN1CCC[C@@H](CN2CCOCC2)C1. The highest BCUT2D eigenvalue weighted by atomic mass is 16.5. The summed E-state index contributed by atoms with van der Waals surface area (Å²) in [4.78, 5) is 16.0. The van der Waals surface area contributed by atoms with Crippen molar-refractivity contribution in [2.75, 3.05) is 45.9 Å². The van der Waals surface area contributed by atoms with Gasteiger partial charge in [-0.15, -0.1) is 0 Å². The molecule has 0 unspecified atom stereocenters. The fraction of sp³-hybridized carbons (Fsp3) is 0.733. The number of rotatable bonds is 5. The van der Waals surface area contributed by atoms with Crippen molar-refractivity contribution in [3.05, 3.63) is 17.5 Å². The molecule has 122 valence electrons. The molecule has 7 heteroatoms. The van der Waals surface area contributed by atoms with E-state index >= 15 is 0 Å². The third-order valence-electron chi connectivity index (χ3n) is 4.55. The van der Waals surface area contributed by atoms with Gasteiger partial charge in [0.2, 0.25) is 0 Å². The second kappa shape index (κ2) is 7.21. The number of nitrogens with zero attached hydrogens (tertiary/aromatic N) is 3. The van der Waals surface area contributed by atoms with Crippen molar-refractivity contribution in [3.8, 4) is 0 Å². The maximum Gasteiger partial charge on any atom is 0.354 e. The summed E-state index contributed by atoms with van der Waals surface area (Å²) < 4.78 is 5.40. The van der Waals surface area contributed by atoms with Crippen molar-refractivity contribution >= 4 is 5.97 Å². The molecule has 1 atom stereocenters. The van der Waals surface area contributed by atoms with E-state index in [0.29, 0.717) is 12.5 Å². The number of nitrogens with one attached hydrogen (secondary N) is 1. The van der Waals surface area contributed by atoms with Crippen LogP contribution < -0.4 is 0 Å². The number of piperidine rings is 1. The Kier molecular flexibility index (Phi) is 5.07. The fourth-order valence-electron chi connectivity index (χ4n) is 3.45. The third kappa shape index (κ3) is 3.85. The van der Waals surface area contributed by atoms with Crippen LogP contribution in [0, 0.1) is 5.92 Å². The van der Waals surface area contributed by atoms with E-state index in [1.165, 1.54) is 12.8 Å². The number of H-pyrrole nitrogens is 1. The topological polar surface area (TPSA) is 81.7 Å². The minimum Gasteiger partial charge on any atom is -0.477 e. The zero-order chi connectivity index (χ0) is 15.4. The molecular weight excluding hydrogens is 284 g/mol. The van der Waals surface area contributed by atoms with Crippen LogP contribution in [0.2, 0.25) is 0 Å². The van der Waals surface area contributed by atoms with Crippen molar-refractivity contribution in [3.63, 3.8) is 0 Å². The molecule has 2 fully saturated rings. The molecule has 0 spiro atoms. The predicted octanol–water partition coefficient (Wildman–Crippen LogP) is 0.652. The van der Waals surface area contributed by atoms with Crippen LogP contribution in [0.3, 0.4) is 0 Å². The zero-order valence-electron chi connectivity index (χ0n) is 12.8. The Hall–Kier alpha value is -1.44. The van der Waals surface area contributed by atoms with E-state index in [1.807, 2.05) is 0 Å². The number of morpholine rings is 1. The van der Waals surface area contributed by atoms with Crippen LogP contribution in [0.5, 0.6) is 0 Å². The van der Waals surface area contributed by atoms with Crippen LogP contribution in [0.25, 0.3) is 0 Å². The van der Waals surface area contributed by atoms with Gasteiger partial charge in [0.15, 0.2) is 0 Å². The molecule has 3 rings (SSSR count). The number of carboxylic acid groups (broad SMARTS) is 1. The van der Waals surface area contributed by atoms with Gasteiger partial charge in [0.1, 0.15) is 5.69 Å². The molecule has 0 radical (unpaired) electrons. The highest BCUT2D eigenvalue weighted by Crippen LogP contribution is 2.20. The lowest BCUT2D eigenvalue weighted by Crippen LogP contribution is -2.44. The summed E-state index contributed by atoms with van der Waals surface area (Å²) in [5.41, 5.74) is 0.995. The van der Waals surface area contributed by atoms with Crippen LogP contribution in [0.1, 0.15) is 28.9 Å². The van der Waals surface area contributed by atoms with E-state index < -0.39 is 5.97 Å². The number of carbonyl (C=O) groups is 1. The van der Waals surface area contributed by atoms with Crippen molar-refractivity contribution < 1.29 is 14.6 Å². The Bertz CT molecular complexity index is 499. The van der Waals surface area contributed by atoms with E-state index in [9.17, 15) is 4.79 Å². The zero-order valence-corrected chi connectivity index (χ0v) is 12.8. The molecule has 0 amide bonds. The number of aromatic nitrogens is 2. The lowest BCUT2D eigenvalue weighted by atomic mass is 9.96. The van der Waals surface area contributed by atoms with Gasteiger partial charge in [-0.2, -0.15) is 5.10 Å². The number of likely N-dealkylation sites (tertiary alicyclic amines) is 1. The molecule has 2 aliphatic rings. The molecule has 2 N–H and O–H groups in total. The van der Waals surface area contributed by atoms with Crippen molar-refractivity contribution in [2.24, 2.45) is 5.92 Å². The summed E-state index contributed by atoms with van der Waals surface area (Å²) >= 11 is 0. The molecular formula is C15H24N4O3. The van der Waals surface area contributed by atoms with Crippen molar-refractivity contribution in [1.82, 2.24) is 20.0 Å². The Labute approximate surface area is 130 Å². The highest BCUT2D eigenvalue weighted by molar-refractivity contribution is 5.86. The number of hydrogen-bond acceptors (Lipinski definition) is 5. The number of ether oxygens (including phenoxy) is 1. The number of aromatic amines is 1. The largest absolute Gasteiger partial charge is 0.477 e. The van der Waals surface area contributed by atoms with Gasteiger partial charge in [0.25, 0.3) is 0 Å². The standard InChI is InChI=1S/C15H24N4O3/c20-15(21)14-13(8-16-17-14)11-19-3-1-2-12(10-19)9-18-4-6-22-7-5-18/h8,12H,1-7,9-11H2,(H,16,17)(H,20,21)/t12-/m0/s1. The lowest BCUT2D eigenvalue weighted by Gasteiger charge is -2.36. The Morgan fingerprint density at radius 2 is 2.18 bits per heavy atom. The van der Waals surface area contributed by atoms with E-state index in [1.54, 1.807) is 6.20 Å². The van der Waals surface area contributed by atoms with Gasteiger partial charge in [-0.05, 0) is 25.3 Å². The first-order chi connectivity index (χ1) is 10.7. The van der Waals surface area contributed by atoms with Gasteiger partial charge < -0.3 is 9.84 Å². The fourth-order valence-corrected chi connectivity index (χ4v) is 3.45. The summed E-state index contributed by atoms with van der Waals surface area (Å²) in [6, 6.07) is 0. The molecule has 3 heterocycles. The van der Waals surface area contributed by atoms with Crippen molar-refractivity contribution in [2.45, 2.75) is 19.4 Å². The van der Waals surface area contributed by atoms with E-state index in [4.69, 9.17) is 9.84 Å². The first-order valence-electron chi connectivity index (χ1n) is 8.00. The summed E-state index contributed by atoms with van der Waals surface area (Å²) in [7, 11) is 0. The highest BCUT2D eigenvalue weighted by Gasteiger charge is 2.24. The Morgan fingerprint density at radius 1 is 1.36 bits per heavy atom. The molecule has 1 aromatic rings. The molecule has 1 aromatic heterocycles. The first-order valence-corrected chi connectivity index (χ1v) is 8.00. The summed E-state index contributed by atoms with van der Waals surface area (Å²) in [5.74, 6) is -0.276. The minimum atomic E-state index is -0.936.